The van der Waals surface area contributed by atoms with Crippen molar-refractivity contribution in [3.8, 4) is 0 Å². The van der Waals surface area contributed by atoms with Gasteiger partial charge in [0.05, 0.1) is 0 Å². The number of nitrogens with zero attached hydrogens (tertiary/aromatic N) is 1. The second-order valence-electron chi connectivity index (χ2n) is 1.15. The van der Waals surface area contributed by atoms with Gasteiger partial charge in [-0.2, -0.15) is 0 Å². The van der Waals surface area contributed by atoms with Crippen molar-refractivity contribution in [2.45, 2.75) is 9.88 Å². The molecule has 0 rings (SSSR count). The quantitative estimate of drug-likeness (QED) is 0.359. The van der Waals surface area contributed by atoms with Gasteiger partial charge in [0.15, 0.2) is 0 Å². The van der Waals surface area contributed by atoms with Gasteiger partial charge < -0.3 is 0 Å². The van der Waals surface area contributed by atoms with E-state index in [0.717, 1.165) is 0 Å². The fraction of sp³-hybridized carbons (Fsp3) is 0.667. The summed E-state index contributed by atoms with van der Waals surface area (Å²) in [6, 6.07) is 0. The Bertz CT molecular complexity index is 74.9. The topological polar surface area (TPSA) is 12.4 Å². The van der Waals surface area contributed by atoms with Crippen LogP contribution in [0.1, 0.15) is 0 Å². The Morgan fingerprint density at radius 2 is 2.17 bits per heavy atom. The van der Waals surface area contributed by atoms with Crippen LogP contribution in [0.5, 0.6) is 0 Å². The van der Waals surface area contributed by atoms with Gasteiger partial charge in [-0.15, -0.1) is 0 Å². The van der Waals surface area contributed by atoms with Crippen molar-refractivity contribution in [2.24, 2.45) is 3.21 Å². The molecule has 0 saturated carbocycles. The molecule has 0 spiro atoms. The van der Waals surface area contributed by atoms with Crippen LogP contribution in [0.4, 0.5) is 0 Å². The van der Waals surface area contributed by atoms with Crippen LogP contribution in [0.2, 0.25) is 9.88 Å². The van der Waals surface area contributed by atoms with Gasteiger partial charge in [0.1, 0.15) is 0 Å². The van der Waals surface area contributed by atoms with Crippen LogP contribution in [0.25, 0.3) is 0 Å². The first-order valence-corrected chi connectivity index (χ1v) is 9.04. The molecular weight excluding hydrogens is 201 g/mol. The summed E-state index contributed by atoms with van der Waals surface area (Å²) in [5.74, 6) is 0. The molecule has 0 fully saturated rings. The molecule has 0 unspecified atom stereocenters. The summed E-state index contributed by atoms with van der Waals surface area (Å²) in [5, 5.41) is 2.36. The molecule has 0 aliphatic rings. The molecule has 33 valence electrons. The zero-order valence-electron chi connectivity index (χ0n) is 3.86. The Kier molecular flexibility index (Phi) is 4.15. The summed E-state index contributed by atoms with van der Waals surface area (Å²) in [6.07, 6.45) is 0. The monoisotopic (exact) mass is 208 g/mol. The van der Waals surface area contributed by atoms with Crippen LogP contribution in [-0.4, -0.2) is 25.2 Å². The van der Waals surface area contributed by atoms with E-state index in [1.54, 1.807) is 0 Å². The van der Waals surface area contributed by atoms with Gasteiger partial charge in [-0.05, 0) is 0 Å². The first-order chi connectivity index (χ1) is 2.77. The van der Waals surface area contributed by atoms with Gasteiger partial charge in [-0.25, -0.2) is 0 Å². The van der Waals surface area contributed by atoms with Crippen molar-refractivity contribution < 1.29 is 0 Å². The van der Waals surface area contributed by atoms with Crippen LogP contribution >= 0.6 is 12.2 Å². The van der Waals surface area contributed by atoms with Gasteiger partial charge in [-0.3, -0.25) is 0 Å². The fourth-order valence-corrected chi connectivity index (χ4v) is 1.84. The van der Waals surface area contributed by atoms with E-state index < -0.39 is 20.0 Å². The molecule has 0 aliphatic carbocycles. The third-order valence-electron chi connectivity index (χ3n) is 0.269. The number of hydrogen-bond acceptors (Lipinski definition) is 2. The molecule has 0 N–H and O–H groups in total. The second-order valence-corrected chi connectivity index (χ2v) is 7.38. The van der Waals surface area contributed by atoms with Gasteiger partial charge in [0.2, 0.25) is 0 Å². The predicted octanol–water partition coefficient (Wildman–Crippen LogP) is 1.34. The number of rotatable bonds is 1. The molecule has 6 heavy (non-hydrogen) atoms. The average Bonchev–Trinajstić information content (AvgIpc) is 1.35. The van der Waals surface area contributed by atoms with Gasteiger partial charge in [0.25, 0.3) is 0 Å². The van der Waals surface area contributed by atoms with Crippen LogP contribution in [0, 0.1) is 0 Å². The third kappa shape index (κ3) is 4.60. The Morgan fingerprint density at radius 1 is 1.67 bits per heavy atom. The molecule has 0 atom stereocenters. The van der Waals surface area contributed by atoms with E-state index in [2.05, 4.69) is 30.5 Å². The van der Waals surface area contributed by atoms with Crippen LogP contribution in [0.3, 0.4) is 0 Å². The van der Waals surface area contributed by atoms with Crippen molar-refractivity contribution in [3.63, 3.8) is 0 Å². The minimum absolute atomic E-state index is 1.21. The van der Waals surface area contributed by atoms with Crippen molar-refractivity contribution in [1.29, 1.82) is 0 Å². The molecule has 0 aromatic carbocycles. The molecule has 1 nitrogen and oxygen atoms in total. The average molecular weight is 207 g/mol. The summed E-state index contributed by atoms with van der Waals surface area (Å²) in [5.41, 5.74) is 0. The van der Waals surface area contributed by atoms with E-state index >= 15 is 0 Å². The van der Waals surface area contributed by atoms with Gasteiger partial charge in [-0.1, -0.05) is 0 Å². The van der Waals surface area contributed by atoms with Crippen molar-refractivity contribution >= 4 is 37.4 Å². The number of thiocarbonyl (C=S) groups is 1. The van der Waals surface area contributed by atoms with Gasteiger partial charge >= 0.3 is 50.5 Å². The third-order valence-corrected chi connectivity index (χ3v) is 2.42. The molecule has 1 radical (unpaired) electrons. The molecule has 0 amide bonds. The maximum absolute atomic E-state index is 4.36. The maximum atomic E-state index is 4.36. The molecule has 0 heterocycles. The Labute approximate surface area is 50.6 Å². The number of hydrogen-bond donors (Lipinski definition) is 0. The van der Waals surface area contributed by atoms with E-state index in [-0.39, 0.29) is 0 Å². The zero-order chi connectivity index (χ0) is 4.99. The van der Waals surface area contributed by atoms with E-state index in [1.165, 1.54) is 0 Å². The SMILES string of the molecule is [CH3][Sn]([CH3])[N]=C=S. The summed E-state index contributed by atoms with van der Waals surface area (Å²) in [4.78, 5) is 4.31. The van der Waals surface area contributed by atoms with Crippen LogP contribution in [-0.2, 0) is 0 Å². The molecule has 0 aromatic rings. The molecule has 0 saturated heterocycles. The number of isothiocyanates is 1. The van der Waals surface area contributed by atoms with E-state index in [4.69, 9.17) is 0 Å². The Hall–Kier alpha value is 0.599. The standard InChI is InChI=1S/CNS.2CH3.Sn/c2-1-3;;;/h;2*1H3;/q-1;;;+1. The van der Waals surface area contributed by atoms with Crippen molar-refractivity contribution in [3.05, 3.63) is 0 Å². The van der Waals surface area contributed by atoms with Crippen molar-refractivity contribution in [2.75, 3.05) is 0 Å². The zero-order valence-corrected chi connectivity index (χ0v) is 7.53. The molecule has 0 aromatic heterocycles. The Balaban J connectivity index is 3.29. The van der Waals surface area contributed by atoms with Crippen molar-refractivity contribution in [1.82, 2.24) is 0 Å². The molecular formula is C3H6NSSn. The summed E-state index contributed by atoms with van der Waals surface area (Å²) < 4.78 is 3.89. The van der Waals surface area contributed by atoms with Crippen LogP contribution in [0.15, 0.2) is 3.21 Å². The van der Waals surface area contributed by atoms with E-state index in [1.807, 2.05) is 0 Å². The molecule has 3 heteroatoms. The summed E-state index contributed by atoms with van der Waals surface area (Å²) in [6.45, 7) is 0. The minimum atomic E-state index is -1.21. The predicted molar refractivity (Wildman–Crippen MR) is 32.5 cm³/mol. The van der Waals surface area contributed by atoms with E-state index in [0.29, 0.717) is 0 Å². The molecule has 0 aliphatic heterocycles. The fourth-order valence-electron chi connectivity index (χ4n) is 0.0913. The first kappa shape index (κ1) is 6.60. The van der Waals surface area contributed by atoms with Crippen LogP contribution < -0.4 is 0 Å². The second kappa shape index (κ2) is 3.78. The summed E-state index contributed by atoms with van der Waals surface area (Å²) in [7, 11) is 0. The summed E-state index contributed by atoms with van der Waals surface area (Å²) >= 11 is 3.16. The normalized spacial score (nSPS) is 7.83. The first-order valence-electron chi connectivity index (χ1n) is 1.65. The molecule has 0 bridgehead atoms. The van der Waals surface area contributed by atoms with Gasteiger partial charge in [0, 0.05) is 0 Å². The van der Waals surface area contributed by atoms with E-state index in [9.17, 15) is 0 Å². The Morgan fingerprint density at radius 3 is 2.17 bits per heavy atom.